The van der Waals surface area contributed by atoms with Crippen LogP contribution < -0.4 is 11.0 Å². The smallest absolute Gasteiger partial charge is 0.248 e. The van der Waals surface area contributed by atoms with E-state index in [2.05, 4.69) is 21.2 Å². The summed E-state index contributed by atoms with van der Waals surface area (Å²) in [5.74, 6) is -3.66. The van der Waals surface area contributed by atoms with E-state index < -0.39 is 46.4 Å². The number of hydroxylamine groups is 2. The average molecular weight is 563 g/mol. The van der Waals surface area contributed by atoms with Crippen molar-refractivity contribution in [2.75, 3.05) is 0 Å². The zero-order valence-corrected chi connectivity index (χ0v) is 24.3. The third-order valence-corrected chi connectivity index (χ3v) is 5.77. The predicted molar refractivity (Wildman–Crippen MR) is 153 cm³/mol. The van der Waals surface area contributed by atoms with Crippen molar-refractivity contribution in [3.05, 3.63) is 89.2 Å². The number of H-pyrrole nitrogens is 1. The van der Waals surface area contributed by atoms with Crippen LogP contribution in [0.3, 0.4) is 0 Å². The van der Waals surface area contributed by atoms with Gasteiger partial charge in [-0.05, 0) is 65.5 Å². The summed E-state index contributed by atoms with van der Waals surface area (Å²) in [5.41, 5.74) is 5.10. The fourth-order valence-corrected chi connectivity index (χ4v) is 3.77. The highest BCUT2D eigenvalue weighted by Gasteiger charge is 2.35. The van der Waals surface area contributed by atoms with Crippen LogP contribution in [-0.4, -0.2) is 56.6 Å². The number of carbonyl (C=O) groups is 4. The molecule has 10 heteroatoms. The summed E-state index contributed by atoms with van der Waals surface area (Å²) >= 11 is 0. The lowest BCUT2D eigenvalue weighted by atomic mass is 9.94. The van der Waals surface area contributed by atoms with Gasteiger partial charge in [-0.3, -0.25) is 34.0 Å². The number of aromatic amines is 1. The lowest BCUT2D eigenvalue weighted by Gasteiger charge is -2.24. The Kier molecular flexibility index (Phi) is 10.6. The molecular formula is C31H38N4O6. The molecule has 0 saturated heterocycles. The van der Waals surface area contributed by atoms with Gasteiger partial charge in [0.25, 0.3) is 0 Å². The third kappa shape index (κ3) is 9.65. The second-order valence-corrected chi connectivity index (χ2v) is 11.7. The molecule has 1 heterocycles. The quantitative estimate of drug-likeness (QED) is 0.152. The summed E-state index contributed by atoms with van der Waals surface area (Å²) in [5, 5.41) is 6.26. The number of aromatic nitrogens is 2. The molecular weight excluding hydrogens is 524 g/mol. The molecule has 218 valence electrons. The first-order chi connectivity index (χ1) is 19.2. The van der Waals surface area contributed by atoms with Crippen LogP contribution in [0.4, 0.5) is 0 Å². The minimum Gasteiger partial charge on any atom is -0.295 e. The van der Waals surface area contributed by atoms with Gasteiger partial charge in [-0.2, -0.15) is 16.1 Å². The van der Waals surface area contributed by atoms with Crippen molar-refractivity contribution in [1.82, 2.24) is 21.2 Å². The van der Waals surface area contributed by atoms with E-state index in [9.17, 15) is 19.2 Å². The molecule has 2 aromatic carbocycles. The normalized spacial score (nSPS) is 13.4. The molecule has 0 bridgehead atoms. The van der Waals surface area contributed by atoms with Gasteiger partial charge in [0.1, 0.15) is 17.8 Å². The Bertz CT molecular complexity index is 1240. The van der Waals surface area contributed by atoms with Crippen molar-refractivity contribution >= 4 is 23.1 Å². The third-order valence-electron chi connectivity index (χ3n) is 5.77. The number of hydrogen-bond donors (Lipinski definition) is 3. The van der Waals surface area contributed by atoms with Crippen LogP contribution >= 0.6 is 0 Å². The van der Waals surface area contributed by atoms with Crippen molar-refractivity contribution in [3.63, 3.8) is 0 Å². The number of ketones is 4. The van der Waals surface area contributed by atoms with Crippen molar-refractivity contribution < 1.29 is 28.9 Å². The van der Waals surface area contributed by atoms with Gasteiger partial charge >= 0.3 is 0 Å². The first-order valence-electron chi connectivity index (χ1n) is 13.4. The molecule has 3 N–H and O–H groups in total. The molecule has 2 atom stereocenters. The molecule has 0 spiro atoms. The predicted octanol–water partition coefficient (Wildman–Crippen LogP) is 3.78. The number of carbonyl (C=O) groups excluding carboxylic acids is 4. The minimum absolute atomic E-state index is 0.158. The monoisotopic (exact) mass is 562 g/mol. The molecule has 0 saturated carbocycles. The number of hydrogen-bond acceptors (Lipinski definition) is 9. The molecule has 0 aliphatic rings. The summed E-state index contributed by atoms with van der Waals surface area (Å²) < 4.78 is 0. The molecule has 0 aliphatic carbocycles. The molecule has 10 nitrogen and oxygen atoms in total. The fraction of sp³-hybridized carbons (Fsp3) is 0.387. The van der Waals surface area contributed by atoms with Gasteiger partial charge in [0.2, 0.25) is 23.1 Å². The fourth-order valence-electron chi connectivity index (χ4n) is 3.77. The molecule has 0 amide bonds. The van der Waals surface area contributed by atoms with Crippen LogP contribution in [0.1, 0.15) is 73.5 Å². The molecule has 0 fully saturated rings. The molecule has 3 aromatic rings. The van der Waals surface area contributed by atoms with E-state index in [-0.39, 0.29) is 24.1 Å². The van der Waals surface area contributed by atoms with Crippen LogP contribution in [0, 0.1) is 0 Å². The largest absolute Gasteiger partial charge is 0.295 e. The number of rotatable bonds is 14. The zero-order valence-electron chi connectivity index (χ0n) is 24.3. The lowest BCUT2D eigenvalue weighted by molar-refractivity contribution is -0.129. The summed E-state index contributed by atoms with van der Waals surface area (Å²) in [7, 11) is 0. The second kappa shape index (κ2) is 13.7. The van der Waals surface area contributed by atoms with Crippen molar-refractivity contribution in [1.29, 1.82) is 0 Å². The van der Waals surface area contributed by atoms with Crippen LogP contribution in [-0.2, 0) is 32.1 Å². The van der Waals surface area contributed by atoms with E-state index in [1.54, 1.807) is 41.5 Å². The molecule has 41 heavy (non-hydrogen) atoms. The second-order valence-electron chi connectivity index (χ2n) is 11.7. The van der Waals surface area contributed by atoms with E-state index in [4.69, 9.17) is 9.68 Å². The Morgan fingerprint density at radius 3 is 1.54 bits per heavy atom. The zero-order chi connectivity index (χ0) is 30.2. The van der Waals surface area contributed by atoms with Gasteiger partial charge in [0.05, 0.1) is 23.0 Å². The first kappa shape index (κ1) is 31.7. The first-order valence-corrected chi connectivity index (χ1v) is 13.4. The summed E-state index contributed by atoms with van der Waals surface area (Å²) in [6, 6.07) is 16.2. The Hall–Kier alpha value is -3.83. The topological polar surface area (TPSA) is 139 Å². The lowest BCUT2D eigenvalue weighted by Crippen LogP contribution is -2.46. The average Bonchev–Trinajstić information content (AvgIpc) is 3.42. The maximum Gasteiger partial charge on any atom is 0.248 e. The van der Waals surface area contributed by atoms with Gasteiger partial charge in [-0.1, -0.05) is 60.7 Å². The van der Waals surface area contributed by atoms with Crippen LogP contribution in [0.5, 0.6) is 0 Å². The summed E-state index contributed by atoms with van der Waals surface area (Å²) in [4.78, 5) is 64.9. The Labute approximate surface area is 240 Å². The molecule has 0 radical (unpaired) electrons. The Morgan fingerprint density at radius 2 is 1.12 bits per heavy atom. The van der Waals surface area contributed by atoms with E-state index in [1.165, 1.54) is 0 Å². The number of Topliss-reactive ketones (excluding diaryl/α,β-unsaturated/α-hetero) is 4. The van der Waals surface area contributed by atoms with Crippen LogP contribution in [0.15, 0.2) is 66.9 Å². The van der Waals surface area contributed by atoms with E-state index in [1.807, 2.05) is 60.7 Å². The van der Waals surface area contributed by atoms with E-state index >= 15 is 0 Å². The van der Waals surface area contributed by atoms with Crippen molar-refractivity contribution in [3.8, 4) is 0 Å². The van der Waals surface area contributed by atoms with Gasteiger partial charge in [-0.15, -0.1) is 0 Å². The SMILES string of the molecule is CC(C)(C)ON[C@@H](Cc1ccccc1)C(=O)C(=O)c1cn[nH]c1C(=O)C(=O)[C@H](Cc1ccccc1)NOC(C)(C)C. The van der Waals surface area contributed by atoms with Crippen molar-refractivity contribution in [2.24, 2.45) is 0 Å². The van der Waals surface area contributed by atoms with Gasteiger partial charge < -0.3 is 0 Å². The highest BCUT2D eigenvalue weighted by atomic mass is 16.7. The highest BCUT2D eigenvalue weighted by Crippen LogP contribution is 2.16. The maximum atomic E-state index is 13.4. The number of nitrogens with one attached hydrogen (secondary N) is 3. The number of benzene rings is 2. The summed E-state index contributed by atoms with van der Waals surface area (Å²) in [6.45, 7) is 10.8. The molecule has 1 aromatic heterocycles. The number of nitrogens with zero attached hydrogens (tertiary/aromatic N) is 1. The Morgan fingerprint density at radius 1 is 0.707 bits per heavy atom. The van der Waals surface area contributed by atoms with Gasteiger partial charge in [0, 0.05) is 0 Å². The molecule has 3 rings (SSSR count). The molecule has 0 unspecified atom stereocenters. The molecule has 0 aliphatic heterocycles. The van der Waals surface area contributed by atoms with Crippen molar-refractivity contribution in [2.45, 2.75) is 77.7 Å². The van der Waals surface area contributed by atoms with E-state index in [0.717, 1.165) is 17.3 Å². The van der Waals surface area contributed by atoms with Gasteiger partial charge in [0.15, 0.2) is 0 Å². The van der Waals surface area contributed by atoms with Crippen LogP contribution in [0.25, 0.3) is 0 Å². The Balaban J connectivity index is 1.85. The van der Waals surface area contributed by atoms with E-state index in [0.29, 0.717) is 0 Å². The van der Waals surface area contributed by atoms with Gasteiger partial charge in [-0.25, -0.2) is 0 Å². The maximum absolute atomic E-state index is 13.4. The minimum atomic E-state index is -1.06. The standard InChI is InChI=1S/C31H38N4O6/c1-30(2,3)40-34-23(17-20-13-9-7-10-14-20)27(37)26(36)22-19-32-33-25(22)29(39)28(38)24(35-41-31(4,5)6)18-21-15-11-8-12-16-21/h7-16,19,23-24,34-35H,17-18H2,1-6H3,(H,32,33)/t23-,24-/m0/s1. The van der Waals surface area contributed by atoms with Crippen LogP contribution in [0.2, 0.25) is 0 Å². The highest BCUT2D eigenvalue weighted by molar-refractivity contribution is 6.50. The summed E-state index contributed by atoms with van der Waals surface area (Å²) in [6.07, 6.45) is 1.40.